The standard InChI is InChI=1S/C27H27FN4O/c1-18-15-21(19-5-3-2-4-6-19)16-24(29-18)20-11-13-32(14-12-20)27(33)10-9-26-30-23-8-7-22(28)17-25(23)31-26/h2-8,15-17,20H,9-14H2,1H3,(H,30,31). The van der Waals surface area contributed by atoms with E-state index in [0.717, 1.165) is 48.7 Å². The molecular weight excluding hydrogens is 415 g/mol. The number of imidazole rings is 1. The highest BCUT2D eigenvalue weighted by molar-refractivity contribution is 5.77. The van der Waals surface area contributed by atoms with Crippen LogP contribution in [-0.2, 0) is 11.2 Å². The third-order valence-electron chi connectivity index (χ3n) is 6.41. The van der Waals surface area contributed by atoms with E-state index in [4.69, 9.17) is 4.98 Å². The smallest absolute Gasteiger partial charge is 0.223 e. The fourth-order valence-electron chi connectivity index (χ4n) is 4.66. The first-order chi connectivity index (χ1) is 16.0. The van der Waals surface area contributed by atoms with Gasteiger partial charge >= 0.3 is 0 Å². The van der Waals surface area contributed by atoms with E-state index < -0.39 is 0 Å². The molecule has 5 rings (SSSR count). The molecule has 0 saturated carbocycles. The van der Waals surface area contributed by atoms with E-state index in [1.54, 1.807) is 6.07 Å². The summed E-state index contributed by atoms with van der Waals surface area (Å²) in [4.78, 5) is 27.1. The fraction of sp³-hybridized carbons (Fsp3) is 0.296. The van der Waals surface area contributed by atoms with E-state index in [0.29, 0.717) is 24.3 Å². The van der Waals surface area contributed by atoms with Crippen molar-refractivity contribution in [3.05, 3.63) is 83.7 Å². The van der Waals surface area contributed by atoms with Crippen LogP contribution >= 0.6 is 0 Å². The van der Waals surface area contributed by atoms with Gasteiger partial charge in [0.2, 0.25) is 5.91 Å². The molecule has 3 heterocycles. The van der Waals surface area contributed by atoms with Crippen molar-refractivity contribution in [1.29, 1.82) is 0 Å². The number of piperidine rings is 1. The molecule has 1 fully saturated rings. The Hall–Kier alpha value is -3.54. The fourth-order valence-corrected chi connectivity index (χ4v) is 4.66. The maximum Gasteiger partial charge on any atom is 0.223 e. The molecule has 1 N–H and O–H groups in total. The van der Waals surface area contributed by atoms with Crippen molar-refractivity contribution in [3.8, 4) is 11.1 Å². The van der Waals surface area contributed by atoms with E-state index >= 15 is 0 Å². The highest BCUT2D eigenvalue weighted by Crippen LogP contribution is 2.30. The molecule has 168 valence electrons. The molecule has 2 aromatic carbocycles. The predicted octanol–water partition coefficient (Wildman–Crippen LogP) is 5.41. The average Bonchev–Trinajstić information content (AvgIpc) is 3.25. The van der Waals surface area contributed by atoms with Crippen LogP contribution in [0.1, 0.15) is 42.4 Å². The Labute approximate surface area is 192 Å². The summed E-state index contributed by atoms with van der Waals surface area (Å²) in [5.41, 5.74) is 5.93. The van der Waals surface area contributed by atoms with Gasteiger partial charge in [-0.1, -0.05) is 30.3 Å². The molecule has 2 aromatic heterocycles. The second kappa shape index (κ2) is 9.14. The zero-order valence-electron chi connectivity index (χ0n) is 18.7. The van der Waals surface area contributed by atoms with E-state index in [2.05, 4.69) is 46.4 Å². The van der Waals surface area contributed by atoms with Gasteiger partial charge in [-0.2, -0.15) is 0 Å². The van der Waals surface area contributed by atoms with Gasteiger partial charge in [0, 0.05) is 43.2 Å². The molecule has 1 amide bonds. The van der Waals surface area contributed by atoms with Crippen LogP contribution in [0.2, 0.25) is 0 Å². The van der Waals surface area contributed by atoms with Crippen LogP contribution in [0.3, 0.4) is 0 Å². The van der Waals surface area contributed by atoms with Crippen LogP contribution in [-0.4, -0.2) is 38.8 Å². The Morgan fingerprint density at radius 3 is 2.61 bits per heavy atom. The minimum Gasteiger partial charge on any atom is -0.343 e. The van der Waals surface area contributed by atoms with E-state index in [1.165, 1.54) is 23.3 Å². The van der Waals surface area contributed by atoms with E-state index in [1.807, 2.05) is 17.9 Å². The zero-order valence-corrected chi connectivity index (χ0v) is 18.7. The Bertz CT molecular complexity index is 1280. The number of benzene rings is 2. The molecule has 6 heteroatoms. The largest absolute Gasteiger partial charge is 0.343 e. The third kappa shape index (κ3) is 4.80. The van der Waals surface area contributed by atoms with Crippen LogP contribution in [0.4, 0.5) is 4.39 Å². The molecule has 0 atom stereocenters. The SMILES string of the molecule is Cc1cc(-c2ccccc2)cc(C2CCN(C(=O)CCc3nc4ccc(F)cc4[nH]3)CC2)n1. The summed E-state index contributed by atoms with van der Waals surface area (Å²) in [6.07, 6.45) is 2.75. The zero-order chi connectivity index (χ0) is 22.8. The molecule has 0 spiro atoms. The van der Waals surface area contributed by atoms with Crippen LogP contribution < -0.4 is 0 Å². The minimum atomic E-state index is -0.296. The summed E-state index contributed by atoms with van der Waals surface area (Å²) in [5, 5.41) is 0. The Balaban J connectivity index is 1.19. The van der Waals surface area contributed by atoms with Crippen molar-refractivity contribution >= 4 is 16.9 Å². The number of halogens is 1. The number of fused-ring (bicyclic) bond motifs is 1. The number of pyridine rings is 1. The van der Waals surface area contributed by atoms with Crippen LogP contribution in [0.25, 0.3) is 22.2 Å². The van der Waals surface area contributed by atoms with Crippen LogP contribution in [0.15, 0.2) is 60.7 Å². The van der Waals surface area contributed by atoms with Crippen molar-refractivity contribution in [1.82, 2.24) is 19.9 Å². The number of carbonyl (C=O) groups excluding carboxylic acids is 1. The summed E-state index contributed by atoms with van der Waals surface area (Å²) in [6.45, 7) is 3.53. The molecular formula is C27H27FN4O. The lowest BCUT2D eigenvalue weighted by molar-refractivity contribution is -0.132. The lowest BCUT2D eigenvalue weighted by atomic mass is 9.91. The van der Waals surface area contributed by atoms with Gasteiger partial charge in [-0.25, -0.2) is 9.37 Å². The molecule has 0 radical (unpaired) electrons. The molecule has 33 heavy (non-hydrogen) atoms. The van der Waals surface area contributed by atoms with Gasteiger partial charge in [-0.15, -0.1) is 0 Å². The third-order valence-corrected chi connectivity index (χ3v) is 6.41. The number of H-pyrrole nitrogens is 1. The number of hydrogen-bond donors (Lipinski definition) is 1. The van der Waals surface area contributed by atoms with Crippen molar-refractivity contribution in [3.63, 3.8) is 0 Å². The van der Waals surface area contributed by atoms with Gasteiger partial charge in [0.05, 0.1) is 11.0 Å². The maximum absolute atomic E-state index is 13.4. The number of aromatic amines is 1. The maximum atomic E-state index is 13.4. The number of amides is 1. The summed E-state index contributed by atoms with van der Waals surface area (Å²) in [7, 11) is 0. The van der Waals surface area contributed by atoms with Crippen LogP contribution in [0.5, 0.6) is 0 Å². The second-order valence-corrected chi connectivity index (χ2v) is 8.79. The number of aryl methyl sites for hydroxylation is 2. The number of likely N-dealkylation sites (tertiary alicyclic amines) is 1. The molecule has 5 nitrogen and oxygen atoms in total. The lowest BCUT2D eigenvalue weighted by Gasteiger charge is -2.32. The van der Waals surface area contributed by atoms with Gasteiger partial charge in [0.25, 0.3) is 0 Å². The lowest BCUT2D eigenvalue weighted by Crippen LogP contribution is -2.38. The van der Waals surface area contributed by atoms with Crippen LogP contribution in [0, 0.1) is 12.7 Å². The molecule has 4 aromatic rings. The molecule has 1 saturated heterocycles. The molecule has 1 aliphatic heterocycles. The van der Waals surface area contributed by atoms with Gasteiger partial charge in [0.15, 0.2) is 0 Å². The highest BCUT2D eigenvalue weighted by atomic mass is 19.1. The van der Waals surface area contributed by atoms with E-state index in [9.17, 15) is 9.18 Å². The highest BCUT2D eigenvalue weighted by Gasteiger charge is 2.25. The first-order valence-corrected chi connectivity index (χ1v) is 11.5. The Morgan fingerprint density at radius 1 is 1.03 bits per heavy atom. The summed E-state index contributed by atoms with van der Waals surface area (Å²) < 4.78 is 13.4. The first kappa shape index (κ1) is 21.3. The van der Waals surface area contributed by atoms with Crippen molar-refractivity contribution in [2.75, 3.05) is 13.1 Å². The topological polar surface area (TPSA) is 61.9 Å². The monoisotopic (exact) mass is 442 g/mol. The average molecular weight is 443 g/mol. The van der Waals surface area contributed by atoms with Crippen molar-refractivity contribution in [2.45, 2.75) is 38.5 Å². The van der Waals surface area contributed by atoms with Crippen molar-refractivity contribution < 1.29 is 9.18 Å². The number of rotatable bonds is 5. The normalized spacial score (nSPS) is 14.7. The number of hydrogen-bond acceptors (Lipinski definition) is 3. The van der Waals surface area contributed by atoms with Gasteiger partial charge in [-0.3, -0.25) is 9.78 Å². The molecule has 0 bridgehead atoms. The summed E-state index contributed by atoms with van der Waals surface area (Å²) >= 11 is 0. The Morgan fingerprint density at radius 2 is 1.82 bits per heavy atom. The molecule has 0 aliphatic carbocycles. The summed E-state index contributed by atoms with van der Waals surface area (Å²) in [6, 6.07) is 19.2. The number of carbonyl (C=O) groups is 1. The van der Waals surface area contributed by atoms with Gasteiger partial charge in [0.1, 0.15) is 11.6 Å². The minimum absolute atomic E-state index is 0.141. The molecule has 1 aliphatic rings. The molecule has 0 unspecified atom stereocenters. The predicted molar refractivity (Wildman–Crippen MR) is 127 cm³/mol. The number of nitrogens with one attached hydrogen (secondary N) is 1. The second-order valence-electron chi connectivity index (χ2n) is 8.79. The van der Waals surface area contributed by atoms with Gasteiger partial charge in [-0.05, 0) is 61.2 Å². The summed E-state index contributed by atoms with van der Waals surface area (Å²) in [5.74, 6) is 0.927. The van der Waals surface area contributed by atoms with Crippen molar-refractivity contribution in [2.24, 2.45) is 0 Å². The first-order valence-electron chi connectivity index (χ1n) is 11.5. The van der Waals surface area contributed by atoms with Gasteiger partial charge < -0.3 is 9.88 Å². The quantitative estimate of drug-likeness (QED) is 0.449. The van der Waals surface area contributed by atoms with E-state index in [-0.39, 0.29) is 11.7 Å². The number of aromatic nitrogens is 3. The number of nitrogens with zero attached hydrogens (tertiary/aromatic N) is 3. The Kier molecular flexibility index (Phi) is 5.90.